The quantitative estimate of drug-likeness (QED) is 0.563. The molecule has 0 rings (SSSR count). The van der Waals surface area contributed by atoms with E-state index in [0.29, 0.717) is 6.04 Å². The molecule has 0 unspecified atom stereocenters. The Morgan fingerprint density at radius 3 is 2.20 bits per heavy atom. The van der Waals surface area contributed by atoms with Crippen molar-refractivity contribution in [2.45, 2.75) is 59.4 Å². The minimum Gasteiger partial charge on any atom is -0.315 e. The van der Waals surface area contributed by atoms with Crippen LogP contribution in [0.1, 0.15) is 53.4 Å². The molecule has 0 aromatic carbocycles. The van der Waals surface area contributed by atoms with E-state index < -0.39 is 0 Å². The van der Waals surface area contributed by atoms with Gasteiger partial charge in [-0.15, -0.1) is 0 Å². The van der Waals surface area contributed by atoms with Crippen molar-refractivity contribution in [3.8, 4) is 0 Å². The minimum absolute atomic E-state index is 0.632. The van der Waals surface area contributed by atoms with Gasteiger partial charge in [0.2, 0.25) is 0 Å². The summed E-state index contributed by atoms with van der Waals surface area (Å²) >= 11 is 0. The van der Waals surface area contributed by atoms with Crippen molar-refractivity contribution >= 4 is 0 Å². The Morgan fingerprint density at radius 1 is 1.00 bits per heavy atom. The summed E-state index contributed by atoms with van der Waals surface area (Å²) < 4.78 is 0. The van der Waals surface area contributed by atoms with Gasteiger partial charge in [0.05, 0.1) is 0 Å². The topological polar surface area (TPSA) is 15.3 Å². The lowest BCUT2D eigenvalue weighted by molar-refractivity contribution is 0.276. The molecule has 0 saturated carbocycles. The Balaban J connectivity index is 3.30. The summed E-state index contributed by atoms with van der Waals surface area (Å²) in [6.07, 6.45) is 5.29. The second-order valence-electron chi connectivity index (χ2n) is 4.60. The van der Waals surface area contributed by atoms with E-state index in [2.05, 4.69) is 37.9 Å². The van der Waals surface area contributed by atoms with E-state index >= 15 is 0 Å². The van der Waals surface area contributed by atoms with Gasteiger partial charge in [0, 0.05) is 6.04 Å². The summed E-state index contributed by atoms with van der Waals surface area (Å²) in [5.41, 5.74) is 0. The second kappa shape index (κ2) is 10.4. The van der Waals surface area contributed by atoms with Gasteiger partial charge < -0.3 is 10.2 Å². The van der Waals surface area contributed by atoms with Crippen LogP contribution >= 0.6 is 0 Å². The molecule has 15 heavy (non-hydrogen) atoms. The lowest BCUT2D eigenvalue weighted by Crippen LogP contribution is -2.27. The maximum Gasteiger partial charge on any atom is 0.00103 e. The molecule has 0 aliphatic rings. The Hall–Kier alpha value is -0.0800. The highest BCUT2D eigenvalue weighted by molar-refractivity contribution is 4.58. The lowest BCUT2D eigenvalue weighted by atomic mass is 10.2. The van der Waals surface area contributed by atoms with Gasteiger partial charge in [0.25, 0.3) is 0 Å². The molecule has 0 atom stereocenters. The van der Waals surface area contributed by atoms with Gasteiger partial charge in [0.1, 0.15) is 0 Å². The number of unbranched alkanes of at least 4 members (excludes halogenated alkanes) is 2. The van der Waals surface area contributed by atoms with Gasteiger partial charge in [0.15, 0.2) is 0 Å². The molecule has 0 aliphatic heterocycles. The third kappa shape index (κ3) is 10.2. The molecule has 0 aliphatic carbocycles. The van der Waals surface area contributed by atoms with Gasteiger partial charge in [-0.2, -0.15) is 0 Å². The van der Waals surface area contributed by atoms with Crippen molar-refractivity contribution in [1.29, 1.82) is 0 Å². The van der Waals surface area contributed by atoms with Crippen molar-refractivity contribution in [3.63, 3.8) is 0 Å². The zero-order chi connectivity index (χ0) is 11.5. The highest BCUT2D eigenvalue weighted by atomic mass is 15.1. The van der Waals surface area contributed by atoms with Crippen molar-refractivity contribution < 1.29 is 0 Å². The molecule has 92 valence electrons. The lowest BCUT2D eigenvalue weighted by Gasteiger charge is -2.20. The molecular weight excluding hydrogens is 184 g/mol. The standard InChI is InChI=1S/C13H30N2/c1-5-7-11-15(6-2)12-9-8-10-14-13(3)4/h13-14H,5-12H2,1-4H3. The molecule has 0 bridgehead atoms. The number of hydrogen-bond acceptors (Lipinski definition) is 2. The molecule has 1 N–H and O–H groups in total. The summed E-state index contributed by atoms with van der Waals surface area (Å²) in [6, 6.07) is 0.632. The molecule has 0 amide bonds. The van der Waals surface area contributed by atoms with Crippen molar-refractivity contribution in [2.75, 3.05) is 26.2 Å². The van der Waals surface area contributed by atoms with E-state index in [9.17, 15) is 0 Å². The van der Waals surface area contributed by atoms with Crippen LogP contribution in [0.25, 0.3) is 0 Å². The number of rotatable bonds is 10. The molecule has 0 fully saturated rings. The fourth-order valence-corrected chi connectivity index (χ4v) is 1.66. The van der Waals surface area contributed by atoms with Gasteiger partial charge in [-0.05, 0) is 45.4 Å². The molecule has 0 spiro atoms. The van der Waals surface area contributed by atoms with Crippen molar-refractivity contribution in [2.24, 2.45) is 0 Å². The summed E-state index contributed by atoms with van der Waals surface area (Å²) in [5, 5.41) is 3.46. The molecule has 0 heterocycles. The van der Waals surface area contributed by atoms with Crippen LogP contribution in [0.4, 0.5) is 0 Å². The van der Waals surface area contributed by atoms with Gasteiger partial charge in [-0.3, -0.25) is 0 Å². The normalized spacial score (nSPS) is 11.6. The molecular formula is C13H30N2. The highest BCUT2D eigenvalue weighted by Gasteiger charge is 2.00. The summed E-state index contributed by atoms with van der Waals surface area (Å²) in [5.74, 6) is 0. The van der Waals surface area contributed by atoms with Crippen LogP contribution in [0, 0.1) is 0 Å². The molecule has 0 saturated heterocycles. The van der Waals surface area contributed by atoms with Gasteiger partial charge >= 0.3 is 0 Å². The summed E-state index contributed by atoms with van der Waals surface area (Å²) in [7, 11) is 0. The van der Waals surface area contributed by atoms with Crippen LogP contribution in [0.3, 0.4) is 0 Å². The molecule has 0 aromatic rings. The molecule has 2 heteroatoms. The third-order valence-electron chi connectivity index (χ3n) is 2.73. The van der Waals surface area contributed by atoms with E-state index in [4.69, 9.17) is 0 Å². The van der Waals surface area contributed by atoms with E-state index in [0.717, 1.165) is 0 Å². The van der Waals surface area contributed by atoms with Crippen LogP contribution in [0.5, 0.6) is 0 Å². The van der Waals surface area contributed by atoms with E-state index in [1.165, 1.54) is 51.9 Å². The Kier molecular flexibility index (Phi) is 10.4. The second-order valence-corrected chi connectivity index (χ2v) is 4.60. The fourth-order valence-electron chi connectivity index (χ4n) is 1.66. The zero-order valence-corrected chi connectivity index (χ0v) is 11.2. The molecule has 0 aromatic heterocycles. The van der Waals surface area contributed by atoms with Crippen molar-refractivity contribution in [1.82, 2.24) is 10.2 Å². The third-order valence-corrected chi connectivity index (χ3v) is 2.73. The first-order chi connectivity index (χ1) is 7.20. The van der Waals surface area contributed by atoms with E-state index in [-0.39, 0.29) is 0 Å². The Morgan fingerprint density at radius 2 is 1.67 bits per heavy atom. The first-order valence-corrected chi connectivity index (χ1v) is 6.66. The van der Waals surface area contributed by atoms with Gasteiger partial charge in [-0.25, -0.2) is 0 Å². The maximum absolute atomic E-state index is 3.46. The number of hydrogen-bond donors (Lipinski definition) is 1. The van der Waals surface area contributed by atoms with Crippen molar-refractivity contribution in [3.05, 3.63) is 0 Å². The monoisotopic (exact) mass is 214 g/mol. The van der Waals surface area contributed by atoms with Crippen LogP contribution in [0.15, 0.2) is 0 Å². The Labute approximate surface area is 96.4 Å². The van der Waals surface area contributed by atoms with E-state index in [1.54, 1.807) is 0 Å². The predicted molar refractivity (Wildman–Crippen MR) is 69.4 cm³/mol. The zero-order valence-electron chi connectivity index (χ0n) is 11.2. The predicted octanol–water partition coefficient (Wildman–Crippen LogP) is 2.89. The number of nitrogens with zero attached hydrogens (tertiary/aromatic N) is 1. The van der Waals surface area contributed by atoms with Gasteiger partial charge in [-0.1, -0.05) is 34.1 Å². The number of nitrogens with one attached hydrogen (secondary N) is 1. The van der Waals surface area contributed by atoms with Crippen LogP contribution < -0.4 is 5.32 Å². The SMILES string of the molecule is CCCCN(CC)CCCCNC(C)C. The molecule has 2 nitrogen and oxygen atoms in total. The molecule has 0 radical (unpaired) electrons. The first kappa shape index (κ1) is 14.9. The summed E-state index contributed by atoms with van der Waals surface area (Å²) in [6.45, 7) is 13.9. The minimum atomic E-state index is 0.632. The van der Waals surface area contributed by atoms with Crippen LogP contribution in [-0.2, 0) is 0 Å². The van der Waals surface area contributed by atoms with E-state index in [1.807, 2.05) is 0 Å². The summed E-state index contributed by atoms with van der Waals surface area (Å²) in [4.78, 5) is 2.57. The van der Waals surface area contributed by atoms with Crippen LogP contribution in [0.2, 0.25) is 0 Å². The first-order valence-electron chi connectivity index (χ1n) is 6.66. The highest BCUT2D eigenvalue weighted by Crippen LogP contribution is 1.98. The smallest absolute Gasteiger partial charge is 0.00103 e. The van der Waals surface area contributed by atoms with Crippen LogP contribution in [-0.4, -0.2) is 37.1 Å². The average Bonchev–Trinajstić information content (AvgIpc) is 2.21. The average molecular weight is 214 g/mol. The fraction of sp³-hybridized carbons (Fsp3) is 1.00. The Bertz CT molecular complexity index is 124. The maximum atomic E-state index is 3.46. The largest absolute Gasteiger partial charge is 0.315 e.